The minimum Gasteiger partial charge on any atom is -0.379 e. The first kappa shape index (κ1) is 31.0. The average Bonchev–Trinajstić information content (AvgIpc) is 3.45. The third-order valence-electron chi connectivity index (χ3n) is 15.2. The van der Waals surface area contributed by atoms with Crippen LogP contribution in [0.3, 0.4) is 0 Å². The molecule has 2 heterocycles. The van der Waals surface area contributed by atoms with Crippen LogP contribution in [0.1, 0.15) is 118 Å². The number of nitrogens with one attached hydrogen (secondary N) is 2. The third kappa shape index (κ3) is 4.38. The Labute approximate surface area is 266 Å². The van der Waals surface area contributed by atoms with Gasteiger partial charge in [0, 0.05) is 30.7 Å². The van der Waals surface area contributed by atoms with E-state index in [0.29, 0.717) is 23.7 Å². The molecule has 1 amide bonds. The molecule has 1 aromatic rings. The minimum absolute atomic E-state index is 0.111. The Kier molecular flexibility index (Phi) is 7.34. The van der Waals surface area contributed by atoms with Gasteiger partial charge in [0.05, 0.1) is 24.8 Å². The topological polar surface area (TPSA) is 70.2 Å². The second kappa shape index (κ2) is 10.4. The van der Waals surface area contributed by atoms with E-state index in [1.165, 1.54) is 24.1 Å². The summed E-state index contributed by atoms with van der Waals surface area (Å²) in [5, 5.41) is 11.5. The number of morpholine rings is 1. The molecule has 0 bridgehead atoms. The summed E-state index contributed by atoms with van der Waals surface area (Å²) in [7, 11) is 0. The van der Waals surface area contributed by atoms with Gasteiger partial charge < -0.3 is 10.1 Å². The number of rotatable bonds is 5. The van der Waals surface area contributed by atoms with E-state index in [4.69, 9.17) is 4.74 Å². The first-order chi connectivity index (χ1) is 20.8. The molecule has 6 nitrogen and oxygen atoms in total. The van der Waals surface area contributed by atoms with Crippen molar-refractivity contribution in [1.29, 1.82) is 0 Å². The second-order valence-electron chi connectivity index (χ2n) is 18.1. The summed E-state index contributed by atoms with van der Waals surface area (Å²) in [6.07, 6.45) is 16.2. The summed E-state index contributed by atoms with van der Waals surface area (Å²) < 4.78 is 5.52. The van der Waals surface area contributed by atoms with E-state index in [1.807, 2.05) is 0 Å². The molecular weight excluding hydrogens is 544 g/mol. The zero-order chi connectivity index (χ0) is 31.2. The van der Waals surface area contributed by atoms with Gasteiger partial charge in [-0.05, 0) is 116 Å². The Morgan fingerprint density at radius 3 is 2.55 bits per heavy atom. The maximum absolute atomic E-state index is 14.4. The molecule has 0 spiro atoms. The molecule has 0 aromatic carbocycles. The van der Waals surface area contributed by atoms with Gasteiger partial charge in [0.2, 0.25) is 5.91 Å². The molecule has 0 radical (unpaired) electrons. The van der Waals surface area contributed by atoms with Crippen LogP contribution < -0.4 is 5.32 Å². The molecule has 44 heavy (non-hydrogen) atoms. The number of carbonyl (C=O) groups excluding carboxylic acids is 1. The number of hydrogen-bond donors (Lipinski definition) is 2. The fraction of sp³-hybridized carbons (Fsp3) is 0.842. The van der Waals surface area contributed by atoms with Crippen LogP contribution in [0.4, 0.5) is 0 Å². The van der Waals surface area contributed by atoms with E-state index in [2.05, 4.69) is 81.2 Å². The second-order valence-corrected chi connectivity index (χ2v) is 18.1. The molecule has 6 heteroatoms. The predicted molar refractivity (Wildman–Crippen MR) is 176 cm³/mol. The Balaban J connectivity index is 1.18. The summed E-state index contributed by atoms with van der Waals surface area (Å²) in [6.45, 7) is 23.3. The number of carbonyl (C=O) groups is 1. The van der Waals surface area contributed by atoms with E-state index < -0.39 is 0 Å². The molecular formula is C38H60N4O2. The molecule has 7 rings (SSSR count). The predicted octanol–water partition coefficient (Wildman–Crippen LogP) is 7.06. The molecule has 0 unspecified atom stereocenters. The molecule has 4 fully saturated rings. The number of amides is 1. The summed E-state index contributed by atoms with van der Waals surface area (Å²) in [5.74, 6) is 2.00. The van der Waals surface area contributed by atoms with E-state index in [1.54, 1.807) is 5.57 Å². The van der Waals surface area contributed by atoms with Gasteiger partial charge in [-0.3, -0.25) is 14.8 Å². The largest absolute Gasteiger partial charge is 0.379 e. The maximum Gasteiger partial charge on any atom is 0.226 e. The number of fused-ring (bicyclic) bond motifs is 8. The quantitative estimate of drug-likeness (QED) is 0.279. The molecule has 7 atom stereocenters. The fourth-order valence-electron chi connectivity index (χ4n) is 12.5. The normalized spacial score (nSPS) is 42.5. The lowest BCUT2D eigenvalue weighted by Crippen LogP contribution is -2.65. The van der Waals surface area contributed by atoms with Crippen LogP contribution in [0.15, 0.2) is 17.8 Å². The van der Waals surface area contributed by atoms with E-state index in [9.17, 15) is 4.79 Å². The summed E-state index contributed by atoms with van der Waals surface area (Å²) in [6, 6.07) is 0. The van der Waals surface area contributed by atoms with Gasteiger partial charge in [0.15, 0.2) is 0 Å². The lowest BCUT2D eigenvalue weighted by atomic mass is 9.33. The summed E-state index contributed by atoms with van der Waals surface area (Å²) in [4.78, 5) is 16.9. The van der Waals surface area contributed by atoms with Crippen LogP contribution in [0.5, 0.6) is 0 Å². The number of allylic oxidation sites excluding steroid dienone is 2. The van der Waals surface area contributed by atoms with Crippen molar-refractivity contribution in [2.24, 2.45) is 44.8 Å². The van der Waals surface area contributed by atoms with Crippen molar-refractivity contribution in [3.05, 3.63) is 29.1 Å². The highest BCUT2D eigenvalue weighted by Gasteiger charge is 2.69. The summed E-state index contributed by atoms with van der Waals surface area (Å²) in [5.41, 5.74) is 5.25. The van der Waals surface area contributed by atoms with Gasteiger partial charge in [-0.25, -0.2) is 0 Å². The Bertz CT molecular complexity index is 1310. The molecule has 1 saturated heterocycles. The Morgan fingerprint density at radius 2 is 1.77 bits per heavy atom. The SMILES string of the molecule is CC1(C)CC[C@]2(C(=O)NCCCN3CCOCC3)CC[C@]3(C)C(=CC[C@@H]4[C@@]5(C)Cc6cn[nH]c6C(C)(C)[C@@H]5CC[C@]43C)[C@@H]2C1. The van der Waals surface area contributed by atoms with Crippen molar-refractivity contribution in [3.63, 3.8) is 0 Å². The zero-order valence-corrected chi connectivity index (χ0v) is 28.9. The maximum atomic E-state index is 14.4. The van der Waals surface area contributed by atoms with Gasteiger partial charge >= 0.3 is 0 Å². The fourth-order valence-corrected chi connectivity index (χ4v) is 12.5. The highest BCUT2D eigenvalue weighted by Crippen LogP contribution is 2.75. The lowest BCUT2D eigenvalue weighted by molar-refractivity contribution is -0.167. The van der Waals surface area contributed by atoms with Gasteiger partial charge in [0.1, 0.15) is 0 Å². The number of aromatic nitrogens is 2. The first-order valence-electron chi connectivity index (χ1n) is 18.1. The molecule has 2 N–H and O–H groups in total. The molecule has 244 valence electrons. The number of aromatic amines is 1. The first-order valence-corrected chi connectivity index (χ1v) is 18.1. The third-order valence-corrected chi connectivity index (χ3v) is 15.2. The number of hydrogen-bond acceptors (Lipinski definition) is 4. The lowest BCUT2D eigenvalue weighted by Gasteiger charge is -2.70. The Morgan fingerprint density at radius 1 is 1.02 bits per heavy atom. The average molecular weight is 605 g/mol. The van der Waals surface area contributed by atoms with Crippen molar-refractivity contribution >= 4 is 5.91 Å². The molecule has 1 aliphatic heterocycles. The monoisotopic (exact) mass is 604 g/mol. The molecule has 1 aromatic heterocycles. The van der Waals surface area contributed by atoms with Crippen LogP contribution in [0.25, 0.3) is 0 Å². The van der Waals surface area contributed by atoms with Gasteiger partial charge in [0.25, 0.3) is 0 Å². The van der Waals surface area contributed by atoms with Crippen molar-refractivity contribution in [2.45, 2.75) is 118 Å². The van der Waals surface area contributed by atoms with Gasteiger partial charge in [-0.2, -0.15) is 5.10 Å². The summed E-state index contributed by atoms with van der Waals surface area (Å²) >= 11 is 0. The standard InChI is InChI=1S/C38H60N4O2/c1-33(2)13-15-38(32(43)39-17-8-18-42-19-21-44-22-20-42)16-14-36(6)27(28(38)24-33)9-10-30-35(5)23-26-25-40-41-31(26)34(3,4)29(35)11-12-37(30,36)7/h9,25,28-30H,8,10-24H2,1-7H3,(H,39,43)(H,40,41)/t28-,29-,30+,35-,36+,37+,38-/m0/s1. The van der Waals surface area contributed by atoms with Crippen molar-refractivity contribution < 1.29 is 9.53 Å². The minimum atomic E-state index is -0.247. The molecule has 5 aliphatic carbocycles. The zero-order valence-electron chi connectivity index (χ0n) is 28.9. The molecule has 3 saturated carbocycles. The smallest absolute Gasteiger partial charge is 0.226 e. The van der Waals surface area contributed by atoms with Crippen LogP contribution >= 0.6 is 0 Å². The van der Waals surface area contributed by atoms with E-state index in [0.717, 1.165) is 90.8 Å². The number of nitrogens with zero attached hydrogens (tertiary/aromatic N) is 2. The highest BCUT2D eigenvalue weighted by atomic mass is 16.5. The van der Waals surface area contributed by atoms with Crippen LogP contribution in [0.2, 0.25) is 0 Å². The van der Waals surface area contributed by atoms with Crippen molar-refractivity contribution in [3.8, 4) is 0 Å². The van der Waals surface area contributed by atoms with Gasteiger partial charge in [-0.1, -0.05) is 60.1 Å². The van der Waals surface area contributed by atoms with Gasteiger partial charge in [-0.15, -0.1) is 0 Å². The van der Waals surface area contributed by atoms with E-state index in [-0.39, 0.29) is 32.5 Å². The molecule has 6 aliphatic rings. The number of ether oxygens (including phenoxy) is 1. The van der Waals surface area contributed by atoms with Crippen LogP contribution in [-0.2, 0) is 21.4 Å². The highest BCUT2D eigenvalue weighted by molar-refractivity contribution is 5.84. The van der Waals surface area contributed by atoms with Crippen molar-refractivity contribution in [2.75, 3.05) is 39.4 Å². The van der Waals surface area contributed by atoms with E-state index >= 15 is 0 Å². The Hall–Kier alpha value is -1.66. The van der Waals surface area contributed by atoms with Crippen LogP contribution in [-0.4, -0.2) is 60.4 Å². The van der Waals surface area contributed by atoms with Crippen LogP contribution in [0, 0.1) is 44.8 Å². The van der Waals surface area contributed by atoms with Crippen molar-refractivity contribution in [1.82, 2.24) is 20.4 Å². The number of H-pyrrole nitrogens is 1.